The summed E-state index contributed by atoms with van der Waals surface area (Å²) in [5.74, 6) is -0.664. The van der Waals surface area contributed by atoms with Crippen molar-refractivity contribution in [2.75, 3.05) is 0 Å². The van der Waals surface area contributed by atoms with E-state index in [-0.39, 0.29) is 30.1 Å². The van der Waals surface area contributed by atoms with Crippen molar-refractivity contribution >= 4 is 11.8 Å². The predicted molar refractivity (Wildman–Crippen MR) is 112 cm³/mol. The van der Waals surface area contributed by atoms with Crippen LogP contribution in [0.15, 0.2) is 43.0 Å². The van der Waals surface area contributed by atoms with Crippen LogP contribution in [0, 0.1) is 11.8 Å². The maximum atomic E-state index is 12.7. The second kappa shape index (κ2) is 12.4. The van der Waals surface area contributed by atoms with Gasteiger partial charge in [0.05, 0.1) is 12.4 Å². The van der Waals surface area contributed by atoms with Gasteiger partial charge in [-0.15, -0.1) is 0 Å². The third-order valence-corrected chi connectivity index (χ3v) is 5.62. The molecule has 1 aromatic heterocycles. The zero-order valence-corrected chi connectivity index (χ0v) is 17.3. The number of unbranched alkanes of at least 4 members (excludes halogenated alkanes) is 3. The van der Waals surface area contributed by atoms with Crippen LogP contribution < -0.4 is 0 Å². The lowest BCUT2D eigenvalue weighted by Gasteiger charge is -2.21. The molecule has 0 radical (unpaired) electrons. The largest absolute Gasteiger partial charge is 0.481 e. The SMILES string of the molecule is CCCCC[C@@H](O)/C=C/[C@H]1C(n2ccnc2)CC(=O)[C@H]1C/C=C\CCCC(=O)O. The number of hydrogen-bond acceptors (Lipinski definition) is 4. The quantitative estimate of drug-likeness (QED) is 0.378. The number of ketones is 1. The summed E-state index contributed by atoms with van der Waals surface area (Å²) in [6.07, 6.45) is 19.3. The van der Waals surface area contributed by atoms with Crippen molar-refractivity contribution in [1.82, 2.24) is 9.55 Å². The minimum Gasteiger partial charge on any atom is -0.481 e. The van der Waals surface area contributed by atoms with E-state index in [0.717, 1.165) is 25.7 Å². The van der Waals surface area contributed by atoms with Crippen molar-refractivity contribution in [2.24, 2.45) is 11.8 Å². The number of aliphatic carboxylic acids is 1. The van der Waals surface area contributed by atoms with Crippen molar-refractivity contribution in [3.63, 3.8) is 0 Å². The van der Waals surface area contributed by atoms with Gasteiger partial charge in [-0.1, -0.05) is 50.5 Å². The number of allylic oxidation sites excluding steroid dienone is 3. The summed E-state index contributed by atoms with van der Waals surface area (Å²) in [4.78, 5) is 27.4. The molecule has 0 saturated heterocycles. The average molecular weight is 403 g/mol. The molecule has 1 fully saturated rings. The third-order valence-electron chi connectivity index (χ3n) is 5.62. The van der Waals surface area contributed by atoms with Crippen LogP contribution in [0.25, 0.3) is 0 Å². The van der Waals surface area contributed by atoms with E-state index >= 15 is 0 Å². The topological polar surface area (TPSA) is 92.4 Å². The Hall–Kier alpha value is -2.21. The number of carbonyl (C=O) groups excluding carboxylic acids is 1. The minimum absolute atomic E-state index is 0.0150. The number of rotatable bonds is 13. The molecule has 160 valence electrons. The molecule has 0 aliphatic heterocycles. The molecule has 2 N–H and O–H groups in total. The normalized spacial score (nSPS) is 23.4. The smallest absolute Gasteiger partial charge is 0.303 e. The van der Waals surface area contributed by atoms with Crippen LogP contribution in [0.2, 0.25) is 0 Å². The number of carboxylic acids is 1. The van der Waals surface area contributed by atoms with Crippen molar-refractivity contribution < 1.29 is 19.8 Å². The number of imidazole rings is 1. The first-order valence-electron chi connectivity index (χ1n) is 10.8. The molecular formula is C23H34N2O4. The number of aliphatic hydroxyl groups is 1. The molecule has 4 atom stereocenters. The Balaban J connectivity index is 2.01. The van der Waals surface area contributed by atoms with E-state index in [4.69, 9.17) is 5.11 Å². The molecular weight excluding hydrogens is 368 g/mol. The van der Waals surface area contributed by atoms with Crippen molar-refractivity contribution in [2.45, 2.75) is 76.9 Å². The van der Waals surface area contributed by atoms with E-state index in [1.165, 1.54) is 0 Å². The number of carboxylic acid groups (broad SMARTS) is 1. The van der Waals surface area contributed by atoms with Gasteiger partial charge >= 0.3 is 5.97 Å². The first-order valence-corrected chi connectivity index (χ1v) is 10.8. The highest BCUT2D eigenvalue weighted by atomic mass is 16.4. The van der Waals surface area contributed by atoms with Gasteiger partial charge in [0, 0.05) is 43.1 Å². The maximum absolute atomic E-state index is 12.7. The van der Waals surface area contributed by atoms with Gasteiger partial charge in [-0.05, 0) is 25.7 Å². The second-order valence-electron chi connectivity index (χ2n) is 7.87. The van der Waals surface area contributed by atoms with Crippen LogP contribution >= 0.6 is 0 Å². The summed E-state index contributed by atoms with van der Waals surface area (Å²) < 4.78 is 1.99. The first kappa shape index (κ1) is 23.1. The van der Waals surface area contributed by atoms with Crippen molar-refractivity contribution in [1.29, 1.82) is 0 Å². The highest BCUT2D eigenvalue weighted by molar-refractivity contribution is 5.84. The Kier molecular flexibility index (Phi) is 9.84. The molecule has 6 nitrogen and oxygen atoms in total. The number of aromatic nitrogens is 2. The first-order chi connectivity index (χ1) is 14.0. The molecule has 6 heteroatoms. The van der Waals surface area contributed by atoms with Gasteiger partial charge in [-0.25, -0.2) is 4.98 Å². The van der Waals surface area contributed by atoms with Crippen LogP contribution in [0.1, 0.15) is 70.8 Å². The fraction of sp³-hybridized carbons (Fsp3) is 0.609. The molecule has 1 aliphatic carbocycles. The number of aliphatic hydroxyl groups excluding tert-OH is 1. The van der Waals surface area contributed by atoms with Crippen molar-refractivity contribution in [3.8, 4) is 0 Å². The molecule has 1 saturated carbocycles. The molecule has 0 amide bonds. The lowest BCUT2D eigenvalue weighted by molar-refractivity contribution is -0.137. The zero-order chi connectivity index (χ0) is 21.1. The fourth-order valence-corrected chi connectivity index (χ4v) is 3.99. The molecule has 1 unspecified atom stereocenters. The molecule has 0 aromatic carbocycles. The van der Waals surface area contributed by atoms with Crippen molar-refractivity contribution in [3.05, 3.63) is 43.0 Å². The Labute approximate surface area is 173 Å². The van der Waals surface area contributed by atoms with Gasteiger partial charge in [-0.3, -0.25) is 9.59 Å². The molecule has 2 rings (SSSR count). The molecule has 0 spiro atoms. The Morgan fingerprint density at radius 2 is 2.17 bits per heavy atom. The summed E-state index contributed by atoms with van der Waals surface area (Å²) in [5, 5.41) is 19.0. The number of carbonyl (C=O) groups is 2. The van der Waals surface area contributed by atoms with Gasteiger partial charge in [0.25, 0.3) is 0 Å². The summed E-state index contributed by atoms with van der Waals surface area (Å²) in [5.41, 5.74) is 0. The molecule has 0 bridgehead atoms. The van der Waals surface area contributed by atoms with Crippen LogP contribution in [-0.4, -0.2) is 37.6 Å². The van der Waals surface area contributed by atoms with Gasteiger partial charge in [0.1, 0.15) is 5.78 Å². The number of Topliss-reactive ketones (excluding diaryl/α,β-unsaturated/α-hetero) is 1. The summed E-state index contributed by atoms with van der Waals surface area (Å²) in [6, 6.07) is 0.0227. The third kappa shape index (κ3) is 7.61. The van der Waals surface area contributed by atoms with E-state index < -0.39 is 12.1 Å². The number of nitrogens with zero attached hydrogens (tertiary/aromatic N) is 2. The molecule has 1 aliphatic rings. The van der Waals surface area contributed by atoms with E-state index in [1.54, 1.807) is 12.5 Å². The Morgan fingerprint density at radius 3 is 2.86 bits per heavy atom. The van der Waals surface area contributed by atoms with Crippen LogP contribution in [0.3, 0.4) is 0 Å². The van der Waals surface area contributed by atoms with Crippen LogP contribution in [0.5, 0.6) is 0 Å². The minimum atomic E-state index is -0.782. The number of hydrogen-bond donors (Lipinski definition) is 2. The zero-order valence-electron chi connectivity index (χ0n) is 17.3. The standard InChI is InChI=1S/C23H34N2O4/c1-2-3-6-9-18(26)12-13-19-20(10-7-4-5-8-11-23(28)29)22(27)16-21(19)25-15-14-24-17-25/h4,7,12-15,17-21,26H,2-3,5-6,8-11,16H2,1H3,(H,28,29)/b7-4-,13-12+/t18-,19-,20+,21?/m1/s1. The second-order valence-corrected chi connectivity index (χ2v) is 7.87. The van der Waals surface area contributed by atoms with Crippen LogP contribution in [0.4, 0.5) is 0 Å². The van der Waals surface area contributed by atoms with Gasteiger partial charge in [0.2, 0.25) is 0 Å². The van der Waals surface area contributed by atoms with Gasteiger partial charge in [0.15, 0.2) is 0 Å². The van der Waals surface area contributed by atoms with Crippen LogP contribution in [-0.2, 0) is 9.59 Å². The fourth-order valence-electron chi connectivity index (χ4n) is 3.99. The lowest BCUT2D eigenvalue weighted by Crippen LogP contribution is -2.18. The summed E-state index contributed by atoms with van der Waals surface area (Å²) in [6.45, 7) is 2.14. The average Bonchev–Trinajstić information content (AvgIpc) is 3.31. The predicted octanol–water partition coefficient (Wildman–Crippen LogP) is 4.33. The van der Waals surface area contributed by atoms with E-state index in [2.05, 4.69) is 11.9 Å². The van der Waals surface area contributed by atoms with Gasteiger partial charge in [-0.2, -0.15) is 0 Å². The highest BCUT2D eigenvalue weighted by Gasteiger charge is 2.41. The highest BCUT2D eigenvalue weighted by Crippen LogP contribution is 2.41. The van der Waals surface area contributed by atoms with E-state index in [9.17, 15) is 14.7 Å². The van der Waals surface area contributed by atoms with E-state index in [0.29, 0.717) is 25.7 Å². The molecule has 1 aromatic rings. The lowest BCUT2D eigenvalue weighted by atomic mass is 9.89. The Morgan fingerprint density at radius 1 is 1.34 bits per heavy atom. The monoisotopic (exact) mass is 402 g/mol. The Bertz CT molecular complexity index is 681. The molecule has 29 heavy (non-hydrogen) atoms. The summed E-state index contributed by atoms with van der Waals surface area (Å²) in [7, 11) is 0. The van der Waals surface area contributed by atoms with Gasteiger partial charge < -0.3 is 14.8 Å². The maximum Gasteiger partial charge on any atom is 0.303 e. The molecule has 1 heterocycles. The van der Waals surface area contributed by atoms with E-state index in [1.807, 2.05) is 35.1 Å². The summed E-state index contributed by atoms with van der Waals surface area (Å²) >= 11 is 0.